The highest BCUT2D eigenvalue weighted by atomic mass is 28.4. The Bertz CT molecular complexity index is 187. The standard InChI is InChI=1S/C9H20O5Si/c1-7-14-9(2,10-3)8-15(11-4,12-5)13-6/h7H,1,8H2,2-6H3. The molecule has 0 bridgehead atoms. The first-order valence-electron chi connectivity index (χ1n) is 4.50. The number of methoxy groups -OCH3 is 1. The van der Waals surface area contributed by atoms with E-state index in [9.17, 15) is 0 Å². The molecule has 0 fully saturated rings. The lowest BCUT2D eigenvalue weighted by molar-refractivity contribution is -0.168. The predicted molar refractivity (Wildman–Crippen MR) is 58.3 cm³/mol. The minimum Gasteiger partial charge on any atom is -0.471 e. The van der Waals surface area contributed by atoms with Gasteiger partial charge in [0.25, 0.3) is 0 Å². The first kappa shape index (κ1) is 14.6. The molecule has 0 amide bonds. The molecule has 0 N–H and O–H groups in total. The minimum atomic E-state index is -2.71. The fourth-order valence-corrected chi connectivity index (χ4v) is 3.15. The molecule has 0 spiro atoms. The number of ether oxygens (including phenoxy) is 2. The summed E-state index contributed by atoms with van der Waals surface area (Å²) in [6.45, 7) is 5.26. The van der Waals surface area contributed by atoms with Gasteiger partial charge >= 0.3 is 8.80 Å². The summed E-state index contributed by atoms with van der Waals surface area (Å²) in [5, 5.41) is 0. The highest BCUT2D eigenvalue weighted by Gasteiger charge is 2.47. The summed E-state index contributed by atoms with van der Waals surface area (Å²) in [4.78, 5) is 0. The van der Waals surface area contributed by atoms with Gasteiger partial charge in [-0.05, 0) is 0 Å². The van der Waals surface area contributed by atoms with Crippen molar-refractivity contribution in [1.82, 2.24) is 0 Å². The Morgan fingerprint density at radius 2 is 1.60 bits per heavy atom. The van der Waals surface area contributed by atoms with Gasteiger partial charge in [-0.2, -0.15) is 0 Å². The van der Waals surface area contributed by atoms with Crippen molar-refractivity contribution in [3.05, 3.63) is 12.8 Å². The van der Waals surface area contributed by atoms with Crippen LogP contribution < -0.4 is 0 Å². The topological polar surface area (TPSA) is 46.2 Å². The van der Waals surface area contributed by atoms with E-state index in [1.54, 1.807) is 35.4 Å². The van der Waals surface area contributed by atoms with Gasteiger partial charge in [0.2, 0.25) is 5.79 Å². The van der Waals surface area contributed by atoms with Gasteiger partial charge in [-0.3, -0.25) is 0 Å². The minimum absolute atomic E-state index is 0.381. The van der Waals surface area contributed by atoms with E-state index in [0.29, 0.717) is 6.04 Å². The normalized spacial score (nSPS) is 15.8. The molecule has 0 saturated carbocycles. The van der Waals surface area contributed by atoms with Gasteiger partial charge in [0.1, 0.15) is 0 Å². The van der Waals surface area contributed by atoms with Gasteiger partial charge in [0.15, 0.2) is 0 Å². The highest BCUT2D eigenvalue weighted by molar-refractivity contribution is 6.60. The summed E-state index contributed by atoms with van der Waals surface area (Å²) in [5.74, 6) is -0.851. The fraction of sp³-hybridized carbons (Fsp3) is 0.778. The second-order valence-electron chi connectivity index (χ2n) is 3.09. The summed E-state index contributed by atoms with van der Waals surface area (Å²) in [7, 11) is 3.47. The molecule has 1 unspecified atom stereocenters. The maximum atomic E-state index is 5.28. The Morgan fingerprint density at radius 1 is 1.13 bits per heavy atom. The molecule has 1 atom stereocenters. The van der Waals surface area contributed by atoms with Crippen molar-refractivity contribution in [3.8, 4) is 0 Å². The van der Waals surface area contributed by atoms with Crippen molar-refractivity contribution in [2.45, 2.75) is 18.8 Å². The van der Waals surface area contributed by atoms with Crippen molar-refractivity contribution in [2.24, 2.45) is 0 Å². The van der Waals surface area contributed by atoms with Crippen LogP contribution >= 0.6 is 0 Å². The number of hydrogen-bond acceptors (Lipinski definition) is 5. The summed E-state index contributed by atoms with van der Waals surface area (Å²) >= 11 is 0. The van der Waals surface area contributed by atoms with Crippen LogP contribution in [0.25, 0.3) is 0 Å². The predicted octanol–water partition coefficient (Wildman–Crippen LogP) is 1.39. The van der Waals surface area contributed by atoms with Gasteiger partial charge < -0.3 is 22.8 Å². The Kier molecular flexibility index (Phi) is 6.07. The average Bonchev–Trinajstić information content (AvgIpc) is 2.27. The molecule has 6 heteroatoms. The molecule has 0 aliphatic carbocycles. The summed E-state index contributed by atoms with van der Waals surface area (Å²) < 4.78 is 26.4. The van der Waals surface area contributed by atoms with E-state index in [-0.39, 0.29) is 0 Å². The van der Waals surface area contributed by atoms with Gasteiger partial charge in [-0.15, -0.1) is 0 Å². The van der Waals surface area contributed by atoms with E-state index in [1.165, 1.54) is 6.26 Å². The van der Waals surface area contributed by atoms with E-state index in [2.05, 4.69) is 6.58 Å². The lowest BCUT2D eigenvalue weighted by Crippen LogP contribution is -2.50. The van der Waals surface area contributed by atoms with Crippen molar-refractivity contribution < 1.29 is 22.8 Å². The molecule has 0 aliphatic rings. The average molecular weight is 236 g/mol. The quantitative estimate of drug-likeness (QED) is 0.362. The van der Waals surface area contributed by atoms with Crippen LogP contribution in [-0.4, -0.2) is 43.0 Å². The fourth-order valence-electron chi connectivity index (χ4n) is 1.20. The van der Waals surface area contributed by atoms with Crippen LogP contribution in [0.5, 0.6) is 0 Å². The van der Waals surface area contributed by atoms with Crippen LogP contribution in [0, 0.1) is 0 Å². The molecule has 0 rings (SSSR count). The maximum absolute atomic E-state index is 5.28. The lowest BCUT2D eigenvalue weighted by atomic mass is 10.4. The Morgan fingerprint density at radius 3 is 1.87 bits per heavy atom. The Labute approximate surface area is 92.3 Å². The molecule has 90 valence electrons. The van der Waals surface area contributed by atoms with Crippen LogP contribution in [-0.2, 0) is 22.8 Å². The summed E-state index contributed by atoms with van der Waals surface area (Å²) in [6, 6.07) is 0.381. The molecular weight excluding hydrogens is 216 g/mol. The third-order valence-electron chi connectivity index (χ3n) is 2.24. The van der Waals surface area contributed by atoms with E-state index < -0.39 is 14.6 Å². The van der Waals surface area contributed by atoms with E-state index in [1.807, 2.05) is 0 Å². The van der Waals surface area contributed by atoms with E-state index >= 15 is 0 Å². The molecule has 0 aromatic rings. The second kappa shape index (κ2) is 6.24. The Balaban J connectivity index is 4.67. The zero-order valence-corrected chi connectivity index (χ0v) is 11.0. The smallest absolute Gasteiger partial charge is 0.471 e. The van der Waals surface area contributed by atoms with Crippen molar-refractivity contribution in [1.29, 1.82) is 0 Å². The first-order valence-corrected chi connectivity index (χ1v) is 6.44. The molecule has 0 aromatic carbocycles. The van der Waals surface area contributed by atoms with Crippen molar-refractivity contribution in [3.63, 3.8) is 0 Å². The highest BCUT2D eigenvalue weighted by Crippen LogP contribution is 2.26. The SMILES string of the molecule is C=COC(C)(C[Si](OC)(OC)OC)OC. The van der Waals surface area contributed by atoms with Gasteiger partial charge in [0.05, 0.1) is 12.3 Å². The molecule has 5 nitrogen and oxygen atoms in total. The number of rotatable bonds is 8. The zero-order chi connectivity index (χ0) is 11.9. The van der Waals surface area contributed by atoms with Crippen molar-refractivity contribution in [2.75, 3.05) is 28.4 Å². The van der Waals surface area contributed by atoms with E-state index in [4.69, 9.17) is 22.8 Å². The lowest BCUT2D eigenvalue weighted by Gasteiger charge is -2.33. The third kappa shape index (κ3) is 3.92. The van der Waals surface area contributed by atoms with E-state index in [0.717, 1.165) is 0 Å². The maximum Gasteiger partial charge on any atom is 0.506 e. The third-order valence-corrected chi connectivity index (χ3v) is 5.18. The zero-order valence-electron chi connectivity index (χ0n) is 10.0. The van der Waals surface area contributed by atoms with Gasteiger partial charge in [-0.1, -0.05) is 6.58 Å². The molecule has 0 aromatic heterocycles. The molecule has 0 saturated heterocycles. The summed E-state index contributed by atoms with van der Waals surface area (Å²) in [5.41, 5.74) is 0. The van der Waals surface area contributed by atoms with Crippen LogP contribution in [0.4, 0.5) is 0 Å². The summed E-state index contributed by atoms with van der Waals surface area (Å²) in [6.07, 6.45) is 1.32. The van der Waals surface area contributed by atoms with Crippen LogP contribution in [0.1, 0.15) is 6.92 Å². The molecule has 0 heterocycles. The van der Waals surface area contributed by atoms with Gasteiger partial charge in [-0.25, -0.2) is 0 Å². The monoisotopic (exact) mass is 236 g/mol. The molecule has 0 aliphatic heterocycles. The molecule has 15 heavy (non-hydrogen) atoms. The Hall–Kier alpha value is -0.403. The molecule has 0 radical (unpaired) electrons. The second-order valence-corrected chi connectivity index (χ2v) is 6.04. The number of hydrogen-bond donors (Lipinski definition) is 0. The molecular formula is C9H20O5Si. The van der Waals surface area contributed by atoms with Crippen molar-refractivity contribution >= 4 is 8.80 Å². The largest absolute Gasteiger partial charge is 0.506 e. The van der Waals surface area contributed by atoms with Crippen LogP contribution in [0.3, 0.4) is 0 Å². The van der Waals surface area contributed by atoms with Crippen LogP contribution in [0.15, 0.2) is 12.8 Å². The van der Waals surface area contributed by atoms with Gasteiger partial charge in [0, 0.05) is 35.4 Å². The van der Waals surface area contributed by atoms with Crippen LogP contribution in [0.2, 0.25) is 6.04 Å². The first-order chi connectivity index (χ1) is 7.01.